The maximum absolute atomic E-state index is 12.5. The molecular formula is C16H19N3O3S. The highest BCUT2D eigenvalue weighted by Crippen LogP contribution is 2.15. The average Bonchev–Trinajstić information content (AvgIpc) is 2.92. The highest BCUT2D eigenvalue weighted by atomic mass is 32.1. The van der Waals surface area contributed by atoms with Gasteiger partial charge in [0, 0.05) is 35.6 Å². The first-order valence-electron chi connectivity index (χ1n) is 7.62. The maximum Gasteiger partial charge on any atom is 0.250 e. The summed E-state index contributed by atoms with van der Waals surface area (Å²) in [4.78, 5) is 33.5. The predicted octanol–water partition coefficient (Wildman–Crippen LogP) is 1.09. The molecule has 0 unspecified atom stereocenters. The van der Waals surface area contributed by atoms with Crippen molar-refractivity contribution in [3.05, 3.63) is 50.8 Å². The second-order valence-corrected chi connectivity index (χ2v) is 6.68. The molecule has 6 nitrogen and oxygen atoms in total. The summed E-state index contributed by atoms with van der Waals surface area (Å²) >= 11 is 1.60. The fourth-order valence-electron chi connectivity index (χ4n) is 2.72. The lowest BCUT2D eigenvalue weighted by atomic mass is 10.0. The van der Waals surface area contributed by atoms with Gasteiger partial charge in [-0.15, -0.1) is 11.3 Å². The van der Waals surface area contributed by atoms with Gasteiger partial charge in [0.05, 0.1) is 26.0 Å². The molecule has 3 rings (SSSR count). The first kappa shape index (κ1) is 15.9. The molecule has 1 aliphatic heterocycles. The molecule has 0 bridgehead atoms. The Morgan fingerprint density at radius 2 is 2.43 bits per heavy atom. The van der Waals surface area contributed by atoms with Gasteiger partial charge < -0.3 is 14.6 Å². The van der Waals surface area contributed by atoms with Gasteiger partial charge in [-0.25, -0.2) is 4.98 Å². The molecule has 2 aromatic rings. The van der Waals surface area contributed by atoms with Gasteiger partial charge in [-0.2, -0.15) is 0 Å². The van der Waals surface area contributed by atoms with E-state index in [4.69, 9.17) is 4.74 Å². The van der Waals surface area contributed by atoms with Crippen molar-refractivity contribution in [1.82, 2.24) is 14.9 Å². The lowest BCUT2D eigenvalue weighted by Crippen LogP contribution is -2.37. The Labute approximate surface area is 138 Å². The fraction of sp³-hybridized carbons (Fsp3) is 0.438. The summed E-state index contributed by atoms with van der Waals surface area (Å²) in [5.74, 6) is 0.279. The summed E-state index contributed by atoms with van der Waals surface area (Å²) in [6.07, 6.45) is 2.48. The average molecular weight is 333 g/mol. The number of rotatable bonds is 4. The van der Waals surface area contributed by atoms with Gasteiger partial charge in [-0.1, -0.05) is 6.07 Å². The SMILES string of the molecule is O=C(Cc1cccs1)N1CCOC[C@@H](Cc2cc(=O)[nH]cn2)C1. The van der Waals surface area contributed by atoms with E-state index >= 15 is 0 Å². The number of carbonyl (C=O) groups is 1. The fourth-order valence-corrected chi connectivity index (χ4v) is 3.42. The molecule has 23 heavy (non-hydrogen) atoms. The van der Waals surface area contributed by atoms with Crippen LogP contribution in [0.3, 0.4) is 0 Å². The number of aromatic nitrogens is 2. The second kappa shape index (κ2) is 7.52. The smallest absolute Gasteiger partial charge is 0.250 e. The number of nitrogens with zero attached hydrogens (tertiary/aromatic N) is 2. The van der Waals surface area contributed by atoms with Crippen molar-refractivity contribution in [2.75, 3.05) is 26.3 Å². The van der Waals surface area contributed by atoms with Gasteiger partial charge in [0.1, 0.15) is 0 Å². The van der Waals surface area contributed by atoms with E-state index in [9.17, 15) is 9.59 Å². The number of hydrogen-bond donors (Lipinski definition) is 1. The summed E-state index contributed by atoms with van der Waals surface area (Å²) in [5, 5.41) is 1.98. The Kier molecular flexibility index (Phi) is 5.19. The number of amides is 1. The van der Waals surface area contributed by atoms with E-state index in [1.54, 1.807) is 11.3 Å². The summed E-state index contributed by atoms with van der Waals surface area (Å²) in [6.45, 7) is 2.38. The molecule has 1 aliphatic rings. The zero-order valence-electron chi connectivity index (χ0n) is 12.7. The van der Waals surface area contributed by atoms with Crippen LogP contribution in [0, 0.1) is 5.92 Å². The minimum Gasteiger partial charge on any atom is -0.379 e. The van der Waals surface area contributed by atoms with Crippen LogP contribution in [0.15, 0.2) is 34.7 Å². The quantitative estimate of drug-likeness (QED) is 0.909. The molecule has 3 heterocycles. The first-order chi connectivity index (χ1) is 11.2. The number of aromatic amines is 1. The number of H-pyrrole nitrogens is 1. The van der Waals surface area contributed by atoms with E-state index in [0.717, 1.165) is 10.6 Å². The molecule has 2 aromatic heterocycles. The van der Waals surface area contributed by atoms with Crippen molar-refractivity contribution in [1.29, 1.82) is 0 Å². The molecule has 1 atom stereocenters. The summed E-state index contributed by atoms with van der Waals surface area (Å²) in [7, 11) is 0. The van der Waals surface area contributed by atoms with Crippen molar-refractivity contribution in [2.24, 2.45) is 5.92 Å². The van der Waals surface area contributed by atoms with Crippen molar-refractivity contribution in [3.63, 3.8) is 0 Å². The molecule has 122 valence electrons. The van der Waals surface area contributed by atoms with Crippen molar-refractivity contribution < 1.29 is 9.53 Å². The Morgan fingerprint density at radius 1 is 1.52 bits per heavy atom. The Balaban J connectivity index is 1.63. The molecule has 0 aromatic carbocycles. The van der Waals surface area contributed by atoms with E-state index in [-0.39, 0.29) is 17.4 Å². The molecule has 0 aliphatic carbocycles. The summed E-state index contributed by atoms with van der Waals surface area (Å²) in [5.41, 5.74) is 0.574. The molecular weight excluding hydrogens is 314 g/mol. The van der Waals surface area contributed by atoms with Gasteiger partial charge in [-0.05, 0) is 17.9 Å². The summed E-state index contributed by atoms with van der Waals surface area (Å²) in [6, 6.07) is 5.44. The van der Waals surface area contributed by atoms with Crippen molar-refractivity contribution >= 4 is 17.2 Å². The molecule has 0 spiro atoms. The zero-order chi connectivity index (χ0) is 16.1. The number of ether oxygens (including phenoxy) is 1. The molecule has 0 saturated carbocycles. The van der Waals surface area contributed by atoms with Gasteiger partial charge in [0.2, 0.25) is 5.91 Å². The van der Waals surface area contributed by atoms with Crippen LogP contribution < -0.4 is 5.56 Å². The van der Waals surface area contributed by atoms with Gasteiger partial charge in [0.25, 0.3) is 5.56 Å². The van der Waals surface area contributed by atoms with E-state index < -0.39 is 0 Å². The summed E-state index contributed by atoms with van der Waals surface area (Å²) < 4.78 is 5.62. The molecule has 0 radical (unpaired) electrons. The number of hydrogen-bond acceptors (Lipinski definition) is 5. The monoisotopic (exact) mass is 333 g/mol. The third-order valence-electron chi connectivity index (χ3n) is 3.83. The first-order valence-corrected chi connectivity index (χ1v) is 8.50. The molecule has 7 heteroatoms. The van der Waals surface area contributed by atoms with E-state index in [1.165, 1.54) is 12.4 Å². The Bertz CT molecular complexity index is 699. The normalized spacial score (nSPS) is 18.6. The van der Waals surface area contributed by atoms with Gasteiger partial charge >= 0.3 is 0 Å². The van der Waals surface area contributed by atoms with Crippen LogP contribution in [-0.4, -0.2) is 47.1 Å². The maximum atomic E-state index is 12.5. The van der Waals surface area contributed by atoms with Crippen LogP contribution in [-0.2, 0) is 22.4 Å². The highest BCUT2D eigenvalue weighted by Gasteiger charge is 2.23. The lowest BCUT2D eigenvalue weighted by Gasteiger charge is -2.23. The topological polar surface area (TPSA) is 75.3 Å². The van der Waals surface area contributed by atoms with Crippen LogP contribution in [0.5, 0.6) is 0 Å². The molecule has 1 N–H and O–H groups in total. The zero-order valence-corrected chi connectivity index (χ0v) is 13.6. The Morgan fingerprint density at radius 3 is 3.22 bits per heavy atom. The largest absolute Gasteiger partial charge is 0.379 e. The number of carbonyl (C=O) groups excluding carboxylic acids is 1. The molecule has 1 amide bonds. The number of nitrogens with one attached hydrogen (secondary N) is 1. The second-order valence-electron chi connectivity index (χ2n) is 5.64. The molecule has 1 saturated heterocycles. The van der Waals surface area contributed by atoms with Gasteiger partial charge in [-0.3, -0.25) is 9.59 Å². The number of thiophene rings is 1. The third-order valence-corrected chi connectivity index (χ3v) is 4.71. The van der Waals surface area contributed by atoms with Crippen LogP contribution in [0.2, 0.25) is 0 Å². The van der Waals surface area contributed by atoms with E-state index in [1.807, 2.05) is 22.4 Å². The minimum absolute atomic E-state index is 0.127. The van der Waals surface area contributed by atoms with Crippen molar-refractivity contribution in [2.45, 2.75) is 12.8 Å². The van der Waals surface area contributed by atoms with Crippen LogP contribution in [0.25, 0.3) is 0 Å². The standard InChI is InChI=1S/C16H19N3O3S/c20-15-7-13(17-11-18-15)6-12-9-19(3-4-22-10-12)16(21)8-14-2-1-5-23-14/h1-2,5,7,11-12H,3-4,6,8-10H2,(H,17,18,20)/t12-/m0/s1. The minimum atomic E-state index is -0.157. The molecule has 1 fully saturated rings. The van der Waals surface area contributed by atoms with Gasteiger partial charge in [0.15, 0.2) is 0 Å². The highest BCUT2D eigenvalue weighted by molar-refractivity contribution is 7.10. The Hall–Kier alpha value is -1.99. The van der Waals surface area contributed by atoms with Crippen LogP contribution >= 0.6 is 11.3 Å². The van der Waals surface area contributed by atoms with E-state index in [0.29, 0.717) is 39.1 Å². The van der Waals surface area contributed by atoms with E-state index in [2.05, 4.69) is 9.97 Å². The van der Waals surface area contributed by atoms with Crippen molar-refractivity contribution in [3.8, 4) is 0 Å². The van der Waals surface area contributed by atoms with Crippen LogP contribution in [0.1, 0.15) is 10.6 Å². The van der Waals surface area contributed by atoms with Crippen LogP contribution in [0.4, 0.5) is 0 Å². The third kappa shape index (κ3) is 4.49. The predicted molar refractivity (Wildman–Crippen MR) is 87.5 cm³/mol. The lowest BCUT2D eigenvalue weighted by molar-refractivity contribution is -0.130.